The summed E-state index contributed by atoms with van der Waals surface area (Å²) in [4.78, 5) is 1.39. The first kappa shape index (κ1) is 12.6. The Morgan fingerprint density at radius 3 is 2.00 bits per heavy atom. The van der Waals surface area contributed by atoms with Crippen molar-refractivity contribution < 1.29 is 0 Å². The Bertz CT molecular complexity index is 290. The van der Waals surface area contributed by atoms with Gasteiger partial charge in [-0.1, -0.05) is 46.8 Å². The Kier molecular flexibility index (Phi) is 4.27. The van der Waals surface area contributed by atoms with Gasteiger partial charge in [-0.2, -0.15) is 0 Å². The van der Waals surface area contributed by atoms with E-state index in [0.717, 1.165) is 5.92 Å². The Morgan fingerprint density at radius 1 is 1.07 bits per heavy atom. The van der Waals surface area contributed by atoms with E-state index in [1.54, 1.807) is 0 Å². The second-order valence-corrected chi connectivity index (χ2v) is 6.57. The van der Waals surface area contributed by atoms with E-state index in [4.69, 9.17) is 0 Å². The van der Waals surface area contributed by atoms with Crippen LogP contribution in [0.3, 0.4) is 0 Å². The lowest BCUT2D eigenvalue weighted by Gasteiger charge is -2.19. The van der Waals surface area contributed by atoms with E-state index in [1.807, 2.05) is 11.8 Å². The summed E-state index contributed by atoms with van der Waals surface area (Å²) in [6.45, 7) is 11.3. The number of benzene rings is 1. The summed E-state index contributed by atoms with van der Waals surface area (Å²) in [5.41, 5.74) is 1.68. The molecule has 0 aromatic heterocycles. The van der Waals surface area contributed by atoms with Crippen LogP contribution >= 0.6 is 11.8 Å². The third kappa shape index (κ3) is 4.29. The van der Waals surface area contributed by atoms with Crippen molar-refractivity contribution in [2.75, 3.05) is 5.75 Å². The summed E-state index contributed by atoms with van der Waals surface area (Å²) < 4.78 is 0. The molecule has 0 fully saturated rings. The summed E-state index contributed by atoms with van der Waals surface area (Å²) in [5.74, 6) is 1.96. The van der Waals surface area contributed by atoms with Gasteiger partial charge in [0.05, 0.1) is 0 Å². The van der Waals surface area contributed by atoms with Gasteiger partial charge in [-0.05, 0) is 29.0 Å². The Morgan fingerprint density at radius 2 is 1.60 bits per heavy atom. The molecule has 1 rings (SSSR count). The van der Waals surface area contributed by atoms with Crippen molar-refractivity contribution in [2.45, 2.75) is 44.9 Å². The second-order valence-electron chi connectivity index (χ2n) is 5.48. The van der Waals surface area contributed by atoms with Gasteiger partial charge in [0.15, 0.2) is 0 Å². The van der Waals surface area contributed by atoms with Crippen molar-refractivity contribution in [3.63, 3.8) is 0 Å². The smallest absolute Gasteiger partial charge is 0.00722 e. The van der Waals surface area contributed by atoms with Crippen LogP contribution in [0.5, 0.6) is 0 Å². The van der Waals surface area contributed by atoms with E-state index >= 15 is 0 Å². The molecule has 84 valence electrons. The van der Waals surface area contributed by atoms with E-state index < -0.39 is 0 Å². The van der Waals surface area contributed by atoms with Crippen LogP contribution in [0.1, 0.15) is 40.2 Å². The molecule has 1 aromatic carbocycles. The predicted octanol–water partition coefficient (Wildman–Crippen LogP) is 4.73. The minimum absolute atomic E-state index is 0.265. The van der Waals surface area contributed by atoms with Crippen LogP contribution in [0.15, 0.2) is 29.2 Å². The van der Waals surface area contributed by atoms with Crippen molar-refractivity contribution in [1.29, 1.82) is 0 Å². The zero-order valence-corrected chi connectivity index (χ0v) is 11.3. The van der Waals surface area contributed by atoms with E-state index in [-0.39, 0.29) is 5.41 Å². The van der Waals surface area contributed by atoms with E-state index in [0.29, 0.717) is 0 Å². The minimum Gasteiger partial charge on any atom is -0.126 e. The zero-order valence-electron chi connectivity index (χ0n) is 10.5. The first-order chi connectivity index (χ1) is 6.89. The maximum Gasteiger partial charge on any atom is 0.00722 e. The van der Waals surface area contributed by atoms with Crippen molar-refractivity contribution in [1.82, 2.24) is 0 Å². The molecular weight excluding hydrogens is 200 g/mol. The molecule has 1 heteroatoms. The van der Waals surface area contributed by atoms with E-state index in [2.05, 4.69) is 58.9 Å². The molecule has 0 unspecified atom stereocenters. The number of hydrogen-bond acceptors (Lipinski definition) is 1. The van der Waals surface area contributed by atoms with Crippen molar-refractivity contribution >= 4 is 11.8 Å². The molecule has 0 N–H and O–H groups in total. The highest BCUT2D eigenvalue weighted by molar-refractivity contribution is 7.99. The average Bonchev–Trinajstić information content (AvgIpc) is 2.14. The summed E-state index contributed by atoms with van der Waals surface area (Å²) in [6.07, 6.45) is 0. The molecule has 15 heavy (non-hydrogen) atoms. The van der Waals surface area contributed by atoms with Crippen LogP contribution in [0.2, 0.25) is 0 Å². The van der Waals surface area contributed by atoms with Crippen LogP contribution in [-0.2, 0) is 5.41 Å². The average molecular weight is 222 g/mol. The van der Waals surface area contributed by atoms with Crippen LogP contribution in [-0.4, -0.2) is 5.75 Å². The highest BCUT2D eigenvalue weighted by Gasteiger charge is 2.12. The fraction of sp³-hybridized carbons (Fsp3) is 0.571. The molecule has 0 saturated heterocycles. The quantitative estimate of drug-likeness (QED) is 0.666. The second kappa shape index (κ2) is 5.07. The van der Waals surface area contributed by atoms with Crippen molar-refractivity contribution in [3.8, 4) is 0 Å². The Balaban J connectivity index is 2.65. The first-order valence-electron chi connectivity index (χ1n) is 5.63. The van der Waals surface area contributed by atoms with Gasteiger partial charge >= 0.3 is 0 Å². The van der Waals surface area contributed by atoms with Gasteiger partial charge in [0.2, 0.25) is 0 Å². The van der Waals surface area contributed by atoms with Crippen molar-refractivity contribution in [3.05, 3.63) is 29.8 Å². The normalized spacial score (nSPS) is 12.1. The van der Waals surface area contributed by atoms with Gasteiger partial charge in [-0.25, -0.2) is 0 Å². The maximum atomic E-state index is 2.26. The first-order valence-corrected chi connectivity index (χ1v) is 6.61. The number of hydrogen-bond donors (Lipinski definition) is 0. The molecular formula is C14H22S. The molecule has 0 atom stereocenters. The standard InChI is InChI=1S/C14H22S/c1-11(2)10-15-13-8-6-12(7-9-13)14(3,4)5/h6-9,11H,10H2,1-5H3. The zero-order chi connectivity index (χ0) is 11.5. The lowest BCUT2D eigenvalue weighted by atomic mass is 9.87. The molecule has 0 radical (unpaired) electrons. The largest absolute Gasteiger partial charge is 0.126 e. The molecule has 0 heterocycles. The molecule has 0 aliphatic heterocycles. The van der Waals surface area contributed by atoms with Crippen LogP contribution in [0, 0.1) is 5.92 Å². The summed E-state index contributed by atoms with van der Waals surface area (Å²) in [7, 11) is 0. The van der Waals surface area contributed by atoms with Gasteiger partial charge in [-0.15, -0.1) is 11.8 Å². The van der Waals surface area contributed by atoms with Gasteiger partial charge in [-0.3, -0.25) is 0 Å². The Hall–Kier alpha value is -0.430. The predicted molar refractivity (Wildman–Crippen MR) is 70.7 cm³/mol. The third-order valence-electron chi connectivity index (χ3n) is 2.30. The number of rotatable bonds is 3. The summed E-state index contributed by atoms with van der Waals surface area (Å²) in [6, 6.07) is 8.99. The fourth-order valence-electron chi connectivity index (χ4n) is 1.31. The topological polar surface area (TPSA) is 0 Å². The molecule has 0 aliphatic carbocycles. The van der Waals surface area contributed by atoms with Crippen LogP contribution in [0.25, 0.3) is 0 Å². The van der Waals surface area contributed by atoms with Gasteiger partial charge in [0.25, 0.3) is 0 Å². The molecule has 0 amide bonds. The van der Waals surface area contributed by atoms with Gasteiger partial charge in [0.1, 0.15) is 0 Å². The summed E-state index contributed by atoms with van der Waals surface area (Å²) >= 11 is 1.95. The lowest BCUT2D eigenvalue weighted by molar-refractivity contribution is 0.589. The van der Waals surface area contributed by atoms with Crippen LogP contribution < -0.4 is 0 Å². The van der Waals surface area contributed by atoms with Crippen LogP contribution in [0.4, 0.5) is 0 Å². The van der Waals surface area contributed by atoms with Gasteiger partial charge < -0.3 is 0 Å². The molecule has 0 spiro atoms. The highest BCUT2D eigenvalue weighted by Crippen LogP contribution is 2.26. The minimum atomic E-state index is 0.265. The van der Waals surface area contributed by atoms with E-state index in [1.165, 1.54) is 16.2 Å². The fourth-order valence-corrected chi connectivity index (χ4v) is 2.17. The molecule has 0 nitrogen and oxygen atoms in total. The Labute approximate surface area is 98.5 Å². The SMILES string of the molecule is CC(C)CSc1ccc(C(C)(C)C)cc1. The molecule has 0 aliphatic rings. The molecule has 0 saturated carbocycles. The monoisotopic (exact) mass is 222 g/mol. The highest BCUT2D eigenvalue weighted by atomic mass is 32.2. The summed E-state index contributed by atoms with van der Waals surface area (Å²) in [5, 5.41) is 0. The lowest BCUT2D eigenvalue weighted by Crippen LogP contribution is -2.10. The third-order valence-corrected chi connectivity index (χ3v) is 3.74. The molecule has 1 aromatic rings. The van der Waals surface area contributed by atoms with Gasteiger partial charge in [0, 0.05) is 10.6 Å². The van der Waals surface area contributed by atoms with E-state index in [9.17, 15) is 0 Å². The number of thioether (sulfide) groups is 1. The molecule has 0 bridgehead atoms. The van der Waals surface area contributed by atoms with Crippen molar-refractivity contribution in [2.24, 2.45) is 5.92 Å². The maximum absolute atomic E-state index is 2.26.